The third kappa shape index (κ3) is 2.56. The van der Waals surface area contributed by atoms with Crippen LogP contribution in [-0.2, 0) is 4.79 Å². The molecule has 0 atom stereocenters. The zero-order valence-corrected chi connectivity index (χ0v) is 7.97. The average Bonchev–Trinajstić information content (AvgIpc) is 2.19. The Morgan fingerprint density at radius 1 is 1.57 bits per heavy atom. The summed E-state index contributed by atoms with van der Waals surface area (Å²) in [6.07, 6.45) is 8.81. The lowest BCUT2D eigenvalue weighted by atomic mass is 10.4. The number of carbonyl (C=O) groups is 1. The van der Waals surface area contributed by atoms with Crippen molar-refractivity contribution >= 4 is 11.9 Å². The Morgan fingerprint density at radius 2 is 2.21 bits per heavy atom. The van der Waals surface area contributed by atoms with Crippen molar-refractivity contribution in [1.82, 2.24) is 9.97 Å². The van der Waals surface area contributed by atoms with Gasteiger partial charge in [0, 0.05) is 32.3 Å². The Kier molecular flexibility index (Phi) is 3.62. The van der Waals surface area contributed by atoms with Gasteiger partial charge >= 0.3 is 0 Å². The second-order valence-electron chi connectivity index (χ2n) is 2.67. The summed E-state index contributed by atoms with van der Waals surface area (Å²) < 4.78 is 0. The predicted molar refractivity (Wildman–Crippen MR) is 53.5 cm³/mol. The van der Waals surface area contributed by atoms with Crippen LogP contribution in [0.15, 0.2) is 18.5 Å². The largest absolute Gasteiger partial charge is 0.280 e. The number of amides is 1. The number of hydrogen-bond acceptors (Lipinski definition) is 3. The van der Waals surface area contributed by atoms with Crippen LogP contribution in [0, 0.1) is 12.3 Å². The molecule has 0 saturated heterocycles. The van der Waals surface area contributed by atoms with E-state index in [1.807, 2.05) is 0 Å². The summed E-state index contributed by atoms with van der Waals surface area (Å²) >= 11 is 0. The lowest BCUT2D eigenvalue weighted by Crippen LogP contribution is -2.30. The van der Waals surface area contributed by atoms with Gasteiger partial charge in [-0.05, 0) is 6.07 Å². The minimum Gasteiger partial charge on any atom is -0.280 e. The molecule has 0 aliphatic heterocycles. The molecule has 0 aliphatic carbocycles. The summed E-state index contributed by atoms with van der Waals surface area (Å²) in [5.74, 6) is 2.77. The highest BCUT2D eigenvalue weighted by Crippen LogP contribution is 2.05. The van der Waals surface area contributed by atoms with E-state index < -0.39 is 0 Å². The predicted octanol–water partition coefficient (Wildman–Crippen LogP) is 0.853. The summed E-state index contributed by atoms with van der Waals surface area (Å²) in [6.45, 7) is 1.92. The van der Waals surface area contributed by atoms with E-state index in [1.54, 1.807) is 18.5 Å². The van der Waals surface area contributed by atoms with Gasteiger partial charge in [-0.25, -0.2) is 9.97 Å². The van der Waals surface area contributed by atoms with Gasteiger partial charge in [0.1, 0.15) is 0 Å². The van der Waals surface area contributed by atoms with Crippen molar-refractivity contribution in [2.75, 3.05) is 11.4 Å². The number of aromatic nitrogens is 2. The molecule has 1 heterocycles. The van der Waals surface area contributed by atoms with E-state index in [0.717, 1.165) is 0 Å². The second-order valence-corrected chi connectivity index (χ2v) is 2.67. The first kappa shape index (κ1) is 10.2. The van der Waals surface area contributed by atoms with Crippen molar-refractivity contribution < 1.29 is 4.79 Å². The molecule has 1 amide bonds. The first-order valence-electron chi connectivity index (χ1n) is 4.24. The third-order valence-corrected chi connectivity index (χ3v) is 1.65. The molecule has 0 radical (unpaired) electrons. The van der Waals surface area contributed by atoms with Gasteiger partial charge in [0.15, 0.2) is 0 Å². The quantitative estimate of drug-likeness (QED) is 0.662. The number of rotatable bonds is 3. The first-order valence-corrected chi connectivity index (χ1v) is 4.24. The maximum absolute atomic E-state index is 11.2. The zero-order chi connectivity index (χ0) is 10.4. The van der Waals surface area contributed by atoms with E-state index in [2.05, 4.69) is 15.9 Å². The Hall–Kier alpha value is -1.89. The summed E-state index contributed by atoms with van der Waals surface area (Å²) in [5.41, 5.74) is 0. The van der Waals surface area contributed by atoms with E-state index >= 15 is 0 Å². The number of hydrogen-bond donors (Lipinski definition) is 0. The molecule has 0 bridgehead atoms. The topological polar surface area (TPSA) is 46.1 Å². The van der Waals surface area contributed by atoms with Crippen LogP contribution in [0.4, 0.5) is 5.95 Å². The van der Waals surface area contributed by atoms with Gasteiger partial charge in [-0.2, -0.15) is 0 Å². The SMILES string of the molecule is C#CCCN(C(C)=O)c1ncccn1. The minimum absolute atomic E-state index is 0.105. The van der Waals surface area contributed by atoms with Gasteiger partial charge in [0.2, 0.25) is 11.9 Å². The molecule has 0 saturated carbocycles. The normalized spacial score (nSPS) is 9.14. The second kappa shape index (κ2) is 4.97. The summed E-state index contributed by atoms with van der Waals surface area (Å²) in [4.78, 5) is 20.6. The molecular formula is C10H11N3O. The van der Waals surface area contributed by atoms with E-state index in [0.29, 0.717) is 18.9 Å². The molecule has 0 spiro atoms. The Balaban J connectivity index is 2.79. The molecule has 0 aromatic carbocycles. The van der Waals surface area contributed by atoms with Gasteiger partial charge < -0.3 is 0 Å². The van der Waals surface area contributed by atoms with Crippen LogP contribution in [0.1, 0.15) is 13.3 Å². The van der Waals surface area contributed by atoms with E-state index in [1.165, 1.54) is 11.8 Å². The molecule has 0 fully saturated rings. The fraction of sp³-hybridized carbons (Fsp3) is 0.300. The number of carbonyl (C=O) groups excluding carboxylic acids is 1. The maximum Gasteiger partial charge on any atom is 0.232 e. The molecule has 72 valence electrons. The molecule has 0 aliphatic rings. The van der Waals surface area contributed by atoms with Crippen molar-refractivity contribution in [3.05, 3.63) is 18.5 Å². The summed E-state index contributed by atoms with van der Waals surface area (Å²) in [7, 11) is 0. The van der Waals surface area contributed by atoms with Crippen molar-refractivity contribution in [1.29, 1.82) is 0 Å². The van der Waals surface area contributed by atoms with Crippen molar-refractivity contribution in [3.63, 3.8) is 0 Å². The van der Waals surface area contributed by atoms with Gasteiger partial charge in [-0.3, -0.25) is 9.69 Å². The Bertz CT molecular complexity index is 342. The van der Waals surface area contributed by atoms with Gasteiger partial charge in [-0.15, -0.1) is 12.3 Å². The Labute approximate surface area is 83.0 Å². The smallest absolute Gasteiger partial charge is 0.232 e. The highest BCUT2D eigenvalue weighted by Gasteiger charge is 2.12. The van der Waals surface area contributed by atoms with Crippen LogP contribution in [0.5, 0.6) is 0 Å². The number of anilines is 1. The molecule has 0 N–H and O–H groups in total. The van der Waals surface area contributed by atoms with Gasteiger partial charge in [0.05, 0.1) is 0 Å². The molecule has 0 unspecified atom stereocenters. The van der Waals surface area contributed by atoms with Crippen LogP contribution in [0.25, 0.3) is 0 Å². The van der Waals surface area contributed by atoms with Crippen LogP contribution in [0.3, 0.4) is 0 Å². The number of terminal acetylenes is 1. The van der Waals surface area contributed by atoms with Crippen LogP contribution < -0.4 is 4.90 Å². The first-order chi connectivity index (χ1) is 6.75. The fourth-order valence-electron chi connectivity index (χ4n) is 1.01. The minimum atomic E-state index is -0.105. The average molecular weight is 189 g/mol. The van der Waals surface area contributed by atoms with Crippen molar-refractivity contribution in [3.8, 4) is 12.3 Å². The monoisotopic (exact) mass is 189 g/mol. The molecule has 4 nitrogen and oxygen atoms in total. The van der Waals surface area contributed by atoms with Crippen molar-refractivity contribution in [2.24, 2.45) is 0 Å². The lowest BCUT2D eigenvalue weighted by Gasteiger charge is -2.16. The van der Waals surface area contributed by atoms with E-state index in [9.17, 15) is 4.79 Å². The lowest BCUT2D eigenvalue weighted by molar-refractivity contribution is -0.116. The molecule has 1 aromatic rings. The van der Waals surface area contributed by atoms with Crippen LogP contribution in [0.2, 0.25) is 0 Å². The highest BCUT2D eigenvalue weighted by molar-refractivity contribution is 5.89. The fourth-order valence-corrected chi connectivity index (χ4v) is 1.01. The van der Waals surface area contributed by atoms with Crippen LogP contribution >= 0.6 is 0 Å². The van der Waals surface area contributed by atoms with Gasteiger partial charge in [0.25, 0.3) is 0 Å². The summed E-state index contributed by atoms with van der Waals surface area (Å²) in [5, 5.41) is 0. The Morgan fingerprint density at radius 3 is 2.71 bits per heavy atom. The van der Waals surface area contributed by atoms with E-state index in [-0.39, 0.29) is 5.91 Å². The van der Waals surface area contributed by atoms with Crippen molar-refractivity contribution in [2.45, 2.75) is 13.3 Å². The maximum atomic E-state index is 11.2. The third-order valence-electron chi connectivity index (χ3n) is 1.65. The highest BCUT2D eigenvalue weighted by atomic mass is 16.2. The van der Waals surface area contributed by atoms with E-state index in [4.69, 9.17) is 6.42 Å². The molecule has 1 rings (SSSR count). The number of nitrogens with zero attached hydrogens (tertiary/aromatic N) is 3. The van der Waals surface area contributed by atoms with Crippen LogP contribution in [-0.4, -0.2) is 22.4 Å². The van der Waals surface area contributed by atoms with Gasteiger partial charge in [-0.1, -0.05) is 0 Å². The summed E-state index contributed by atoms with van der Waals surface area (Å²) in [6, 6.07) is 1.70. The molecule has 1 aromatic heterocycles. The molecule has 4 heteroatoms. The standard InChI is InChI=1S/C10H11N3O/c1-3-4-8-13(9(2)14)10-11-6-5-7-12-10/h1,5-7H,4,8H2,2H3. The zero-order valence-electron chi connectivity index (χ0n) is 7.97. The molecule has 14 heavy (non-hydrogen) atoms. The molecular weight excluding hydrogens is 178 g/mol.